The van der Waals surface area contributed by atoms with Crippen LogP contribution in [0.2, 0.25) is 18.1 Å². The summed E-state index contributed by atoms with van der Waals surface area (Å²) in [6, 6.07) is 22.5. The quantitative estimate of drug-likeness (QED) is 0.139. The van der Waals surface area contributed by atoms with Crippen LogP contribution in [0, 0.1) is 17.5 Å². The van der Waals surface area contributed by atoms with E-state index in [0.29, 0.717) is 6.61 Å². The van der Waals surface area contributed by atoms with E-state index < -0.39 is 38.2 Å². The molecule has 3 N–H and O–H groups in total. The first-order valence-electron chi connectivity index (χ1n) is 14.7. The molecule has 11 heteroatoms. The molecule has 1 aliphatic heterocycles. The zero-order chi connectivity index (χ0) is 30.5. The van der Waals surface area contributed by atoms with Gasteiger partial charge in [0.1, 0.15) is 20.3 Å². The molecule has 4 unspecified atom stereocenters. The Morgan fingerprint density at radius 1 is 1.00 bits per heavy atom. The third kappa shape index (κ3) is 6.49. The molecular weight excluding hydrogens is 565 g/mol. The van der Waals surface area contributed by atoms with Gasteiger partial charge < -0.3 is 25.1 Å². The van der Waals surface area contributed by atoms with Crippen LogP contribution in [0.1, 0.15) is 38.1 Å². The first-order chi connectivity index (χ1) is 20.8. The van der Waals surface area contributed by atoms with Gasteiger partial charge in [-0.25, -0.2) is 4.98 Å². The number of nitrogens with two attached hydrogens (primary N) is 1. The predicted octanol–water partition coefficient (Wildman–Crippen LogP) is 5.03. The highest BCUT2D eigenvalue weighted by molar-refractivity contribution is 6.87. The van der Waals surface area contributed by atoms with Crippen molar-refractivity contribution in [3.63, 3.8) is 0 Å². The number of hydrogen-bond donors (Lipinski definition) is 2. The van der Waals surface area contributed by atoms with E-state index in [2.05, 4.69) is 47.2 Å². The lowest BCUT2D eigenvalue weighted by atomic mass is 9.96. The van der Waals surface area contributed by atoms with E-state index in [-0.39, 0.29) is 30.2 Å². The van der Waals surface area contributed by atoms with Crippen molar-refractivity contribution in [1.82, 2.24) is 19.5 Å². The molecular formula is C32H38FN5O4Si. The van der Waals surface area contributed by atoms with Crippen molar-refractivity contribution in [3.8, 4) is 11.5 Å². The number of fused-ring (bicyclic) bond motifs is 1. The maximum Gasteiger partial charge on any atom is 0.312 e. The minimum absolute atomic E-state index is 0.0294. The molecule has 0 bridgehead atoms. The van der Waals surface area contributed by atoms with Crippen LogP contribution in [0.15, 0.2) is 67.0 Å². The third-order valence-electron chi connectivity index (χ3n) is 8.36. The Morgan fingerprint density at radius 2 is 1.63 bits per heavy atom. The van der Waals surface area contributed by atoms with Crippen molar-refractivity contribution in [2.24, 2.45) is 0 Å². The van der Waals surface area contributed by atoms with Gasteiger partial charge in [-0.05, 0) is 29.3 Å². The number of nitrogens with zero attached hydrogens (tertiary/aromatic N) is 4. The lowest BCUT2D eigenvalue weighted by molar-refractivity contribution is -0.123. The van der Waals surface area contributed by atoms with E-state index in [1.165, 1.54) is 10.9 Å². The predicted molar refractivity (Wildman–Crippen MR) is 165 cm³/mol. The molecule has 43 heavy (non-hydrogen) atoms. The fraction of sp³-hybridized carbons (Fsp3) is 0.406. The van der Waals surface area contributed by atoms with Crippen LogP contribution in [-0.4, -0.2) is 57.1 Å². The van der Waals surface area contributed by atoms with Gasteiger partial charge in [-0.1, -0.05) is 87.4 Å². The second kappa shape index (κ2) is 13.3. The average Bonchev–Trinajstić information content (AvgIpc) is 3.56. The number of imidazole rings is 1. The molecule has 4 atom stereocenters. The molecule has 1 saturated heterocycles. The molecule has 0 spiro atoms. The van der Waals surface area contributed by atoms with Gasteiger partial charge in [0.25, 0.3) is 0 Å². The molecule has 2 aromatic carbocycles. The Hall–Kier alpha value is -3.66. The highest BCUT2D eigenvalue weighted by Gasteiger charge is 2.56. The zero-order valence-corrected chi connectivity index (χ0v) is 25.7. The molecule has 5 rings (SSSR count). The summed E-state index contributed by atoms with van der Waals surface area (Å²) < 4.78 is 35.2. The molecule has 4 aromatic rings. The van der Waals surface area contributed by atoms with Crippen molar-refractivity contribution < 1.29 is 23.7 Å². The zero-order valence-electron chi connectivity index (χ0n) is 24.7. The number of nitrogen functional groups attached to an aromatic ring is 1. The standard InChI is InChI=1S/C32H38FN5O4Si/c1-4-43(5-2,6-3)18-17-32(21-40-19-23-13-9-7-10-14-23)27(41-20-24-15-11-8-12-16-24)26(39)30(42-32)38-22-35-25-28(34)36-31(33)37-29(25)38/h7-16,22,26-27,30,39H,4-6,19-21H2,1-3H3,(H2,34,36,37). The van der Waals surface area contributed by atoms with Gasteiger partial charge >= 0.3 is 6.08 Å². The Balaban J connectivity index is 1.58. The Bertz CT molecular complexity index is 1570. The first kappa shape index (κ1) is 30.8. The monoisotopic (exact) mass is 603 g/mol. The summed E-state index contributed by atoms with van der Waals surface area (Å²) in [5.74, 6) is 3.36. The van der Waals surface area contributed by atoms with Crippen LogP contribution in [0.4, 0.5) is 10.2 Å². The summed E-state index contributed by atoms with van der Waals surface area (Å²) in [5, 5.41) is 11.9. The van der Waals surface area contributed by atoms with Crippen LogP contribution < -0.4 is 5.73 Å². The summed E-state index contributed by atoms with van der Waals surface area (Å²) in [6.07, 6.45) is -2.79. The second-order valence-corrected chi connectivity index (χ2v) is 15.8. The molecule has 1 aliphatic rings. The van der Waals surface area contributed by atoms with Crippen molar-refractivity contribution in [2.75, 3.05) is 12.3 Å². The van der Waals surface area contributed by atoms with Crippen LogP contribution in [-0.2, 0) is 27.4 Å². The van der Waals surface area contributed by atoms with Crippen molar-refractivity contribution >= 4 is 25.1 Å². The maximum atomic E-state index is 14.3. The smallest absolute Gasteiger partial charge is 0.312 e. The van der Waals surface area contributed by atoms with Gasteiger partial charge in [0.15, 0.2) is 28.8 Å². The summed E-state index contributed by atoms with van der Waals surface area (Å²) in [4.78, 5) is 11.8. The summed E-state index contributed by atoms with van der Waals surface area (Å²) >= 11 is 0. The van der Waals surface area contributed by atoms with E-state index in [4.69, 9.17) is 19.9 Å². The Kier molecular flexibility index (Phi) is 9.54. The third-order valence-corrected chi connectivity index (χ3v) is 13.1. The summed E-state index contributed by atoms with van der Waals surface area (Å²) in [5.41, 5.74) is 10.5. The lowest BCUT2D eigenvalue weighted by Gasteiger charge is -2.31. The number of rotatable bonds is 11. The van der Waals surface area contributed by atoms with Gasteiger partial charge in [-0.15, -0.1) is 5.54 Å². The fourth-order valence-electron chi connectivity index (χ4n) is 5.49. The normalized spacial score (nSPS) is 22.0. The minimum atomic E-state index is -1.96. The lowest BCUT2D eigenvalue weighted by Crippen LogP contribution is -2.48. The Morgan fingerprint density at radius 3 is 2.26 bits per heavy atom. The van der Waals surface area contributed by atoms with E-state index in [9.17, 15) is 9.50 Å². The second-order valence-electron chi connectivity index (χ2n) is 10.9. The molecule has 3 heterocycles. The van der Waals surface area contributed by atoms with Crippen molar-refractivity contribution in [2.45, 2.75) is 76.2 Å². The first-order valence-corrected chi connectivity index (χ1v) is 17.3. The molecule has 9 nitrogen and oxygen atoms in total. The molecule has 0 amide bonds. The molecule has 226 valence electrons. The number of aromatic nitrogens is 4. The SMILES string of the molecule is CC[Si](C#CC1(COCc2ccccc2)OC(n2cnc3c(N)nc(F)nc32)C(O)C1OCc1ccccc1)(CC)CC. The number of benzene rings is 2. The summed E-state index contributed by atoms with van der Waals surface area (Å²) in [6.45, 7) is 7.10. The average molecular weight is 604 g/mol. The number of anilines is 1. The van der Waals surface area contributed by atoms with Gasteiger partial charge in [0, 0.05) is 0 Å². The molecule has 1 fully saturated rings. The fourth-order valence-corrected chi connectivity index (χ4v) is 8.00. The molecule has 0 aliphatic carbocycles. The number of ether oxygens (including phenoxy) is 3. The number of halogens is 1. The van der Waals surface area contributed by atoms with E-state index >= 15 is 0 Å². The molecule has 0 saturated carbocycles. The van der Waals surface area contributed by atoms with E-state index in [1.807, 2.05) is 60.7 Å². The molecule has 0 radical (unpaired) electrons. The van der Waals surface area contributed by atoms with E-state index in [1.54, 1.807) is 0 Å². The van der Waals surface area contributed by atoms with Crippen LogP contribution in [0.5, 0.6) is 0 Å². The van der Waals surface area contributed by atoms with Gasteiger partial charge in [-0.3, -0.25) is 4.57 Å². The topological polar surface area (TPSA) is 118 Å². The van der Waals surface area contributed by atoms with Crippen molar-refractivity contribution in [1.29, 1.82) is 0 Å². The van der Waals surface area contributed by atoms with Gasteiger partial charge in [0.2, 0.25) is 0 Å². The van der Waals surface area contributed by atoms with Gasteiger partial charge in [-0.2, -0.15) is 14.4 Å². The van der Waals surface area contributed by atoms with E-state index in [0.717, 1.165) is 29.3 Å². The number of hydrogen-bond acceptors (Lipinski definition) is 8. The highest BCUT2D eigenvalue weighted by Crippen LogP contribution is 2.41. The number of aliphatic hydroxyl groups excluding tert-OH is 1. The van der Waals surface area contributed by atoms with Crippen LogP contribution >= 0.6 is 0 Å². The number of aliphatic hydroxyl groups is 1. The Labute approximate surface area is 252 Å². The summed E-state index contributed by atoms with van der Waals surface area (Å²) in [7, 11) is -1.96. The van der Waals surface area contributed by atoms with Crippen LogP contribution in [0.25, 0.3) is 11.2 Å². The van der Waals surface area contributed by atoms with Crippen LogP contribution in [0.3, 0.4) is 0 Å². The minimum Gasteiger partial charge on any atom is -0.386 e. The largest absolute Gasteiger partial charge is 0.386 e. The highest BCUT2D eigenvalue weighted by atomic mass is 28.3. The van der Waals surface area contributed by atoms with Gasteiger partial charge in [0.05, 0.1) is 26.1 Å². The molecule has 2 aromatic heterocycles. The van der Waals surface area contributed by atoms with Crippen molar-refractivity contribution in [3.05, 3.63) is 84.2 Å². The maximum absolute atomic E-state index is 14.3.